The lowest BCUT2D eigenvalue weighted by Gasteiger charge is -2.50. The Morgan fingerprint density at radius 1 is 1.06 bits per heavy atom. The molecule has 180 valence electrons. The van der Waals surface area contributed by atoms with Crippen LogP contribution in [0.3, 0.4) is 0 Å². The van der Waals surface area contributed by atoms with E-state index in [0.717, 1.165) is 16.7 Å². The molecule has 3 aromatic carbocycles. The smallest absolute Gasteiger partial charge is 0.168 e. The molecule has 2 aliphatic rings. The summed E-state index contributed by atoms with van der Waals surface area (Å²) >= 11 is 3.53. The quantitative estimate of drug-likeness (QED) is 0.398. The van der Waals surface area contributed by atoms with E-state index in [9.17, 15) is 14.7 Å². The number of hydrogen-bond acceptors (Lipinski definition) is 4. The number of ether oxygens (including phenoxy) is 1. The molecule has 0 saturated carbocycles. The van der Waals surface area contributed by atoms with E-state index in [4.69, 9.17) is 4.74 Å². The van der Waals surface area contributed by atoms with Gasteiger partial charge in [-0.05, 0) is 41.3 Å². The second-order valence-electron chi connectivity index (χ2n) is 9.06. The molecule has 4 nitrogen and oxygen atoms in total. The van der Waals surface area contributed by atoms with E-state index in [2.05, 4.69) is 22.5 Å². The van der Waals surface area contributed by atoms with Gasteiger partial charge in [0.15, 0.2) is 23.1 Å². The number of Topliss-reactive ketones (excluding diaryl/α,β-unsaturated/α-hetero) is 1. The first kappa shape index (κ1) is 24.0. The van der Waals surface area contributed by atoms with Gasteiger partial charge in [-0.2, -0.15) is 0 Å². The highest BCUT2D eigenvalue weighted by molar-refractivity contribution is 9.10. The molecule has 3 aromatic rings. The van der Waals surface area contributed by atoms with Crippen LogP contribution < -0.4 is 4.74 Å². The largest absolute Gasteiger partial charge is 0.504 e. The summed E-state index contributed by atoms with van der Waals surface area (Å²) in [6.07, 6.45) is 5.56. The molecule has 36 heavy (non-hydrogen) atoms. The van der Waals surface area contributed by atoms with Gasteiger partial charge in [-0.1, -0.05) is 95.3 Å². The van der Waals surface area contributed by atoms with Gasteiger partial charge < -0.3 is 9.84 Å². The van der Waals surface area contributed by atoms with Gasteiger partial charge in [-0.15, -0.1) is 0 Å². The van der Waals surface area contributed by atoms with Crippen LogP contribution in [0.25, 0.3) is 5.57 Å². The number of fused-ring (bicyclic) bond motifs is 1. The number of carbonyl (C=O) groups excluding carboxylic acids is 2. The first-order valence-electron chi connectivity index (χ1n) is 11.7. The zero-order valence-corrected chi connectivity index (χ0v) is 21.4. The number of methoxy groups -OCH3 is 1. The Hall–Kier alpha value is -3.70. The Bertz CT molecular complexity index is 1420. The highest BCUT2D eigenvalue weighted by Gasteiger charge is 2.59. The van der Waals surface area contributed by atoms with Gasteiger partial charge in [0.05, 0.1) is 12.5 Å². The summed E-state index contributed by atoms with van der Waals surface area (Å²) in [5.41, 5.74) is 1.88. The number of halogens is 1. The fourth-order valence-electron chi connectivity index (χ4n) is 5.82. The Labute approximate surface area is 218 Å². The molecule has 5 rings (SSSR count). The van der Waals surface area contributed by atoms with Gasteiger partial charge in [0.25, 0.3) is 0 Å². The number of allylic oxidation sites excluding steroid dienone is 5. The number of aromatic hydroxyl groups is 1. The van der Waals surface area contributed by atoms with Crippen LogP contribution in [0.4, 0.5) is 0 Å². The monoisotopic (exact) mass is 540 g/mol. The molecule has 2 aliphatic carbocycles. The highest BCUT2D eigenvalue weighted by atomic mass is 79.9. The molecule has 0 radical (unpaired) electrons. The summed E-state index contributed by atoms with van der Waals surface area (Å²) in [5.74, 6) is -1.36. The predicted molar refractivity (Wildman–Crippen MR) is 144 cm³/mol. The fourth-order valence-corrected chi connectivity index (χ4v) is 6.28. The summed E-state index contributed by atoms with van der Waals surface area (Å²) in [7, 11) is 1.48. The van der Waals surface area contributed by atoms with E-state index in [-0.39, 0.29) is 23.1 Å². The second-order valence-corrected chi connectivity index (χ2v) is 9.98. The van der Waals surface area contributed by atoms with Crippen molar-refractivity contribution in [3.63, 3.8) is 0 Å². The Morgan fingerprint density at radius 2 is 1.72 bits per heavy atom. The molecular weight excluding hydrogens is 516 g/mol. The molecule has 1 N–H and O–H groups in total. The van der Waals surface area contributed by atoms with Gasteiger partial charge in [0.1, 0.15) is 0 Å². The maximum Gasteiger partial charge on any atom is 0.168 e. The molecule has 0 amide bonds. The second kappa shape index (κ2) is 9.40. The molecule has 0 spiro atoms. The summed E-state index contributed by atoms with van der Waals surface area (Å²) < 4.78 is 6.13. The Balaban J connectivity index is 1.85. The molecule has 0 aliphatic heterocycles. The van der Waals surface area contributed by atoms with Crippen LogP contribution in [0.2, 0.25) is 0 Å². The average molecular weight is 541 g/mol. The number of rotatable bonds is 5. The first-order chi connectivity index (χ1) is 17.4. The van der Waals surface area contributed by atoms with Gasteiger partial charge in [0, 0.05) is 27.4 Å². The summed E-state index contributed by atoms with van der Waals surface area (Å²) in [6.45, 7) is 4.02. The lowest BCUT2D eigenvalue weighted by molar-refractivity contribution is -0.131. The number of phenols is 1. The lowest BCUT2D eigenvalue weighted by Crippen LogP contribution is -2.54. The van der Waals surface area contributed by atoms with Crippen LogP contribution in [-0.4, -0.2) is 23.8 Å². The van der Waals surface area contributed by atoms with Crippen LogP contribution in [0.15, 0.2) is 108 Å². The summed E-state index contributed by atoms with van der Waals surface area (Å²) in [6, 6.07) is 22.2. The van der Waals surface area contributed by atoms with Gasteiger partial charge >= 0.3 is 0 Å². The number of ketones is 2. The zero-order valence-electron chi connectivity index (χ0n) is 19.8. The topological polar surface area (TPSA) is 63.6 Å². The number of benzene rings is 3. The molecule has 0 fully saturated rings. The van der Waals surface area contributed by atoms with Crippen molar-refractivity contribution in [3.8, 4) is 11.5 Å². The third-order valence-corrected chi connectivity index (χ3v) is 7.82. The molecule has 0 saturated heterocycles. The standard InChI is InChI=1S/C31H25BrO4/c1-3-19-14-15-25-29(34)23(20-10-6-4-7-11-20)18-27(33)31(25,21-12-8-5-9-13-21)28(19)24-16-22(32)17-26(36-2)30(24)35/h3-14,16-18,25,28,35H,1,15H2,2H3. The van der Waals surface area contributed by atoms with Crippen molar-refractivity contribution < 1.29 is 19.4 Å². The molecule has 3 atom stereocenters. The molecule has 5 heteroatoms. The van der Waals surface area contributed by atoms with Crippen molar-refractivity contribution in [2.45, 2.75) is 17.8 Å². The van der Waals surface area contributed by atoms with Crippen molar-refractivity contribution in [2.75, 3.05) is 7.11 Å². The third kappa shape index (κ3) is 3.58. The van der Waals surface area contributed by atoms with E-state index >= 15 is 0 Å². The van der Waals surface area contributed by atoms with E-state index in [1.807, 2.05) is 66.7 Å². The number of carbonyl (C=O) groups is 2. The molecule has 0 bridgehead atoms. The SMILES string of the molecule is C=CC1=CCC2C(=O)C(c3ccccc3)=CC(=O)C2(c2ccccc2)C1c1cc(Br)cc(OC)c1O. The van der Waals surface area contributed by atoms with E-state index in [1.54, 1.807) is 18.2 Å². The van der Waals surface area contributed by atoms with E-state index in [0.29, 0.717) is 22.0 Å². The van der Waals surface area contributed by atoms with Crippen LogP contribution in [-0.2, 0) is 15.0 Å². The minimum absolute atomic E-state index is 0.0625. The lowest BCUT2D eigenvalue weighted by atomic mass is 9.50. The van der Waals surface area contributed by atoms with Crippen molar-refractivity contribution in [2.24, 2.45) is 5.92 Å². The van der Waals surface area contributed by atoms with E-state index in [1.165, 1.54) is 13.2 Å². The average Bonchev–Trinajstić information content (AvgIpc) is 2.91. The van der Waals surface area contributed by atoms with Crippen molar-refractivity contribution in [1.29, 1.82) is 0 Å². The van der Waals surface area contributed by atoms with Crippen molar-refractivity contribution >= 4 is 33.1 Å². The number of hydrogen-bond donors (Lipinski definition) is 1. The number of phenolic OH excluding ortho intramolecular Hbond substituents is 1. The molecular formula is C31H25BrO4. The zero-order chi connectivity index (χ0) is 25.4. The minimum atomic E-state index is -1.27. The van der Waals surface area contributed by atoms with Crippen molar-refractivity contribution in [3.05, 3.63) is 124 Å². The predicted octanol–water partition coefficient (Wildman–Crippen LogP) is 6.55. The van der Waals surface area contributed by atoms with E-state index < -0.39 is 17.3 Å². The Morgan fingerprint density at radius 3 is 2.36 bits per heavy atom. The fraction of sp³-hybridized carbons (Fsp3) is 0.161. The highest BCUT2D eigenvalue weighted by Crippen LogP contribution is 2.59. The van der Waals surface area contributed by atoms with Crippen LogP contribution >= 0.6 is 15.9 Å². The summed E-state index contributed by atoms with van der Waals surface area (Å²) in [5, 5.41) is 11.3. The first-order valence-corrected chi connectivity index (χ1v) is 12.5. The minimum Gasteiger partial charge on any atom is -0.504 e. The Kier molecular flexibility index (Phi) is 6.27. The van der Waals surface area contributed by atoms with Crippen molar-refractivity contribution in [1.82, 2.24) is 0 Å². The van der Waals surface area contributed by atoms with Gasteiger partial charge in [0.2, 0.25) is 0 Å². The van der Waals surface area contributed by atoms with Crippen LogP contribution in [0.1, 0.15) is 29.0 Å². The van der Waals surface area contributed by atoms with Gasteiger partial charge in [-0.3, -0.25) is 9.59 Å². The maximum absolute atomic E-state index is 14.5. The molecule has 3 unspecified atom stereocenters. The van der Waals surface area contributed by atoms with Crippen LogP contribution in [0, 0.1) is 5.92 Å². The third-order valence-electron chi connectivity index (χ3n) is 7.36. The maximum atomic E-state index is 14.5. The van der Waals surface area contributed by atoms with Gasteiger partial charge in [-0.25, -0.2) is 0 Å². The van der Waals surface area contributed by atoms with Crippen LogP contribution in [0.5, 0.6) is 11.5 Å². The normalized spacial score (nSPS) is 23.4. The molecule has 0 aromatic heterocycles. The summed E-state index contributed by atoms with van der Waals surface area (Å²) in [4.78, 5) is 28.6. The molecule has 0 heterocycles.